The molecule has 0 aliphatic heterocycles. The summed E-state index contributed by atoms with van der Waals surface area (Å²) in [6.45, 7) is 5.93. The van der Waals surface area contributed by atoms with E-state index in [0.29, 0.717) is 12.2 Å². The first-order valence-corrected chi connectivity index (χ1v) is 6.25. The molecular formula is C10H16N2OS2. The lowest BCUT2D eigenvalue weighted by Crippen LogP contribution is -2.40. The number of aryl methyl sites for hydroxylation is 1. The van der Waals surface area contributed by atoms with Crippen molar-refractivity contribution in [3.63, 3.8) is 0 Å². The molecule has 0 atom stereocenters. The summed E-state index contributed by atoms with van der Waals surface area (Å²) >= 11 is 5.64. The van der Waals surface area contributed by atoms with Gasteiger partial charge in [-0.1, -0.05) is 0 Å². The van der Waals surface area contributed by atoms with Crippen LogP contribution in [0.4, 0.5) is 0 Å². The van der Waals surface area contributed by atoms with Gasteiger partial charge >= 0.3 is 0 Å². The van der Waals surface area contributed by atoms with E-state index in [1.54, 1.807) is 11.3 Å². The molecule has 3 nitrogen and oxygen atoms in total. The predicted molar refractivity (Wildman–Crippen MR) is 66.5 cm³/mol. The molecule has 0 bridgehead atoms. The van der Waals surface area contributed by atoms with Crippen LogP contribution in [0, 0.1) is 6.92 Å². The summed E-state index contributed by atoms with van der Waals surface area (Å²) in [5.74, 6) is 0.585. The smallest absolute Gasteiger partial charge is 0.221 e. The number of nitrogens with zero attached hydrogens (tertiary/aromatic N) is 1. The van der Waals surface area contributed by atoms with E-state index in [0.717, 1.165) is 9.88 Å². The SMILES string of the molecule is Cc1cnc(C(C)(C)NC(=O)CCS)s1. The van der Waals surface area contributed by atoms with Gasteiger partial charge in [-0.15, -0.1) is 11.3 Å². The van der Waals surface area contributed by atoms with Gasteiger partial charge in [-0.05, 0) is 26.5 Å². The number of aromatic nitrogens is 1. The van der Waals surface area contributed by atoms with Crippen LogP contribution in [0.25, 0.3) is 0 Å². The Balaban J connectivity index is 2.70. The lowest BCUT2D eigenvalue weighted by Gasteiger charge is -2.23. The van der Waals surface area contributed by atoms with Crippen molar-refractivity contribution in [1.29, 1.82) is 0 Å². The first kappa shape index (κ1) is 12.5. The zero-order valence-corrected chi connectivity index (χ0v) is 10.9. The van der Waals surface area contributed by atoms with Crippen LogP contribution in [-0.4, -0.2) is 16.6 Å². The van der Waals surface area contributed by atoms with Crippen molar-refractivity contribution in [1.82, 2.24) is 10.3 Å². The van der Waals surface area contributed by atoms with Crippen molar-refractivity contribution in [2.75, 3.05) is 5.75 Å². The molecule has 0 aromatic carbocycles. The van der Waals surface area contributed by atoms with Crippen molar-refractivity contribution in [3.05, 3.63) is 16.1 Å². The molecule has 1 amide bonds. The third kappa shape index (κ3) is 3.50. The summed E-state index contributed by atoms with van der Waals surface area (Å²) in [6.07, 6.45) is 2.27. The Morgan fingerprint density at radius 3 is 2.80 bits per heavy atom. The van der Waals surface area contributed by atoms with E-state index in [4.69, 9.17) is 0 Å². The van der Waals surface area contributed by atoms with Gasteiger partial charge in [-0.2, -0.15) is 12.6 Å². The Bertz CT molecular complexity index is 347. The van der Waals surface area contributed by atoms with Crippen LogP contribution in [0.5, 0.6) is 0 Å². The van der Waals surface area contributed by atoms with Gasteiger partial charge in [-0.3, -0.25) is 4.79 Å². The molecule has 1 aromatic heterocycles. The number of thiazole rings is 1. The maximum atomic E-state index is 11.5. The Labute approximate surface area is 99.7 Å². The number of hydrogen-bond donors (Lipinski definition) is 2. The van der Waals surface area contributed by atoms with E-state index in [9.17, 15) is 4.79 Å². The highest BCUT2D eigenvalue weighted by Gasteiger charge is 2.25. The number of thiol groups is 1. The first-order chi connectivity index (χ1) is 6.95. The van der Waals surface area contributed by atoms with Crippen LogP contribution in [-0.2, 0) is 10.3 Å². The van der Waals surface area contributed by atoms with Crippen LogP contribution in [0.2, 0.25) is 0 Å². The minimum atomic E-state index is -0.390. The fraction of sp³-hybridized carbons (Fsp3) is 0.600. The Hall–Kier alpha value is -0.550. The van der Waals surface area contributed by atoms with Crippen molar-refractivity contribution in [3.8, 4) is 0 Å². The predicted octanol–water partition coefficient (Wildman–Crippen LogP) is 2.12. The zero-order chi connectivity index (χ0) is 11.5. The van der Waals surface area contributed by atoms with Gasteiger partial charge in [0.2, 0.25) is 5.91 Å². The van der Waals surface area contributed by atoms with Gasteiger partial charge in [-0.25, -0.2) is 4.98 Å². The molecule has 1 rings (SSSR count). The summed E-state index contributed by atoms with van der Waals surface area (Å²) < 4.78 is 0. The van der Waals surface area contributed by atoms with Gasteiger partial charge in [0.1, 0.15) is 5.01 Å². The van der Waals surface area contributed by atoms with Crippen molar-refractivity contribution in [2.45, 2.75) is 32.7 Å². The molecule has 0 saturated carbocycles. The monoisotopic (exact) mass is 244 g/mol. The number of amides is 1. The minimum Gasteiger partial charge on any atom is -0.345 e. The van der Waals surface area contributed by atoms with E-state index < -0.39 is 0 Å². The van der Waals surface area contributed by atoms with Crippen LogP contribution < -0.4 is 5.32 Å². The maximum Gasteiger partial charge on any atom is 0.221 e. The van der Waals surface area contributed by atoms with Gasteiger partial charge < -0.3 is 5.32 Å². The molecule has 84 valence electrons. The number of carbonyl (C=O) groups is 1. The second-order valence-electron chi connectivity index (χ2n) is 3.92. The molecule has 15 heavy (non-hydrogen) atoms. The Morgan fingerprint density at radius 1 is 1.67 bits per heavy atom. The highest BCUT2D eigenvalue weighted by molar-refractivity contribution is 7.80. The topological polar surface area (TPSA) is 42.0 Å². The molecular weight excluding hydrogens is 228 g/mol. The lowest BCUT2D eigenvalue weighted by atomic mass is 10.1. The van der Waals surface area contributed by atoms with Crippen LogP contribution in [0.3, 0.4) is 0 Å². The summed E-state index contributed by atoms with van der Waals surface area (Å²) in [7, 11) is 0. The van der Waals surface area contributed by atoms with Crippen molar-refractivity contribution >= 4 is 29.9 Å². The molecule has 0 unspecified atom stereocenters. The lowest BCUT2D eigenvalue weighted by molar-refractivity contribution is -0.122. The summed E-state index contributed by atoms with van der Waals surface area (Å²) in [6, 6.07) is 0. The molecule has 0 fully saturated rings. The summed E-state index contributed by atoms with van der Waals surface area (Å²) in [5, 5.41) is 3.88. The van der Waals surface area contributed by atoms with Crippen LogP contribution in [0.15, 0.2) is 6.20 Å². The van der Waals surface area contributed by atoms with Gasteiger partial charge in [0, 0.05) is 17.5 Å². The maximum absolute atomic E-state index is 11.5. The first-order valence-electron chi connectivity index (χ1n) is 4.80. The molecule has 0 radical (unpaired) electrons. The zero-order valence-electron chi connectivity index (χ0n) is 9.20. The number of hydrogen-bond acceptors (Lipinski definition) is 4. The van der Waals surface area contributed by atoms with E-state index in [1.807, 2.05) is 27.0 Å². The number of carbonyl (C=O) groups excluding carboxylic acids is 1. The molecule has 1 N–H and O–H groups in total. The second-order valence-corrected chi connectivity index (χ2v) is 5.60. The van der Waals surface area contributed by atoms with Crippen molar-refractivity contribution in [2.24, 2.45) is 0 Å². The van der Waals surface area contributed by atoms with Crippen LogP contribution >= 0.6 is 24.0 Å². The molecule has 0 aliphatic rings. The average Bonchev–Trinajstić information content (AvgIpc) is 2.51. The van der Waals surface area contributed by atoms with E-state index in [2.05, 4.69) is 22.9 Å². The summed E-state index contributed by atoms with van der Waals surface area (Å²) in [4.78, 5) is 16.9. The largest absolute Gasteiger partial charge is 0.345 e. The molecule has 0 spiro atoms. The fourth-order valence-electron chi connectivity index (χ4n) is 1.21. The minimum absolute atomic E-state index is 0.0165. The highest BCUT2D eigenvalue weighted by Crippen LogP contribution is 2.24. The van der Waals surface area contributed by atoms with E-state index >= 15 is 0 Å². The standard InChI is InChI=1S/C10H16N2OS2/c1-7-6-11-9(15-7)10(2,3)12-8(13)4-5-14/h6,14H,4-5H2,1-3H3,(H,12,13). The van der Waals surface area contributed by atoms with E-state index in [-0.39, 0.29) is 11.4 Å². The Morgan fingerprint density at radius 2 is 2.33 bits per heavy atom. The molecule has 1 aromatic rings. The van der Waals surface area contributed by atoms with Crippen molar-refractivity contribution < 1.29 is 4.79 Å². The Kier molecular flexibility index (Phi) is 4.16. The molecule has 0 saturated heterocycles. The fourth-order valence-corrected chi connectivity index (χ4v) is 2.23. The van der Waals surface area contributed by atoms with Gasteiger partial charge in [0.05, 0.1) is 5.54 Å². The third-order valence-electron chi connectivity index (χ3n) is 1.95. The second kappa shape index (κ2) is 4.99. The normalized spacial score (nSPS) is 11.5. The van der Waals surface area contributed by atoms with Crippen LogP contribution in [0.1, 0.15) is 30.2 Å². The number of nitrogens with one attached hydrogen (secondary N) is 1. The molecule has 0 aliphatic carbocycles. The molecule has 5 heteroatoms. The quantitative estimate of drug-likeness (QED) is 0.797. The van der Waals surface area contributed by atoms with Gasteiger partial charge in [0.25, 0.3) is 0 Å². The highest BCUT2D eigenvalue weighted by atomic mass is 32.1. The van der Waals surface area contributed by atoms with Gasteiger partial charge in [0.15, 0.2) is 0 Å². The average molecular weight is 244 g/mol. The van der Waals surface area contributed by atoms with E-state index in [1.165, 1.54) is 0 Å². The third-order valence-corrected chi connectivity index (χ3v) is 3.41. The number of rotatable bonds is 4. The summed E-state index contributed by atoms with van der Waals surface area (Å²) in [5.41, 5.74) is -0.390. The molecule has 1 heterocycles.